The molecule has 128 valence electrons. The van der Waals surface area contributed by atoms with Crippen LogP contribution in [0.3, 0.4) is 0 Å². The number of aromatic nitrogens is 1. The molecule has 0 bridgehead atoms. The highest BCUT2D eigenvalue weighted by molar-refractivity contribution is 9.10. The van der Waals surface area contributed by atoms with Crippen LogP contribution in [0.2, 0.25) is 0 Å². The molecule has 0 radical (unpaired) electrons. The van der Waals surface area contributed by atoms with E-state index < -0.39 is 5.82 Å². The van der Waals surface area contributed by atoms with E-state index in [1.165, 1.54) is 23.9 Å². The average Bonchev–Trinajstić information content (AvgIpc) is 3.01. The maximum atomic E-state index is 13.9. The summed E-state index contributed by atoms with van der Waals surface area (Å²) in [6, 6.07) is 13.5. The lowest BCUT2D eigenvalue weighted by atomic mass is 10.2. The molecule has 0 aliphatic rings. The number of hydrogen-bond donors (Lipinski definition) is 1. The highest BCUT2D eigenvalue weighted by Crippen LogP contribution is 2.28. The van der Waals surface area contributed by atoms with E-state index in [-0.39, 0.29) is 11.6 Å². The Kier molecular flexibility index (Phi) is 5.55. The Labute approximate surface area is 156 Å². The summed E-state index contributed by atoms with van der Waals surface area (Å²) in [5.74, 6) is 0.428. The second kappa shape index (κ2) is 7.84. The van der Waals surface area contributed by atoms with Gasteiger partial charge in [0.05, 0.1) is 22.7 Å². The lowest BCUT2D eigenvalue weighted by Crippen LogP contribution is -2.14. The van der Waals surface area contributed by atoms with Gasteiger partial charge >= 0.3 is 0 Å². The van der Waals surface area contributed by atoms with Gasteiger partial charge in [-0.3, -0.25) is 4.79 Å². The van der Waals surface area contributed by atoms with Crippen LogP contribution >= 0.6 is 27.7 Å². The van der Waals surface area contributed by atoms with E-state index in [0.717, 1.165) is 16.3 Å². The van der Waals surface area contributed by atoms with Crippen LogP contribution in [0.25, 0.3) is 0 Å². The van der Waals surface area contributed by atoms with Crippen molar-refractivity contribution in [2.24, 2.45) is 0 Å². The predicted molar refractivity (Wildman–Crippen MR) is 99.3 cm³/mol. The number of amides is 1. The van der Waals surface area contributed by atoms with Crippen molar-refractivity contribution < 1.29 is 13.7 Å². The Morgan fingerprint density at radius 1 is 1.28 bits per heavy atom. The van der Waals surface area contributed by atoms with Crippen LogP contribution in [-0.2, 0) is 5.75 Å². The van der Waals surface area contributed by atoms with Gasteiger partial charge < -0.3 is 9.84 Å². The van der Waals surface area contributed by atoms with Gasteiger partial charge in [0.2, 0.25) is 0 Å². The lowest BCUT2D eigenvalue weighted by molar-refractivity contribution is 0.102. The van der Waals surface area contributed by atoms with Crippen LogP contribution in [0.1, 0.15) is 21.8 Å². The van der Waals surface area contributed by atoms with E-state index in [9.17, 15) is 9.18 Å². The van der Waals surface area contributed by atoms with Crippen LogP contribution in [0, 0.1) is 12.7 Å². The fourth-order valence-electron chi connectivity index (χ4n) is 2.19. The largest absolute Gasteiger partial charge is 0.360 e. The summed E-state index contributed by atoms with van der Waals surface area (Å²) in [7, 11) is 0. The number of halogens is 2. The molecule has 0 atom stereocenters. The minimum Gasteiger partial charge on any atom is -0.360 e. The maximum Gasteiger partial charge on any atom is 0.256 e. The number of aryl methyl sites for hydroxylation is 1. The molecule has 1 heterocycles. The second-order valence-electron chi connectivity index (χ2n) is 5.30. The molecule has 0 saturated heterocycles. The normalized spacial score (nSPS) is 10.7. The van der Waals surface area contributed by atoms with Gasteiger partial charge in [-0.15, -0.1) is 11.8 Å². The molecular weight excluding hydrogens is 407 g/mol. The molecule has 7 heteroatoms. The molecule has 3 aromatic rings. The predicted octanol–water partition coefficient (Wildman–Crippen LogP) is 5.43. The van der Waals surface area contributed by atoms with Gasteiger partial charge in [0.1, 0.15) is 11.6 Å². The summed E-state index contributed by atoms with van der Waals surface area (Å²) in [6.45, 7) is 1.85. The Morgan fingerprint density at radius 3 is 2.80 bits per heavy atom. The van der Waals surface area contributed by atoms with Gasteiger partial charge in [-0.1, -0.05) is 33.2 Å². The summed E-state index contributed by atoms with van der Waals surface area (Å²) < 4.78 is 19.7. The number of rotatable bonds is 5. The first-order valence-corrected chi connectivity index (χ1v) is 9.21. The van der Waals surface area contributed by atoms with E-state index >= 15 is 0 Å². The van der Waals surface area contributed by atoms with Crippen molar-refractivity contribution in [2.45, 2.75) is 17.6 Å². The van der Waals surface area contributed by atoms with E-state index in [1.807, 2.05) is 25.1 Å². The molecule has 0 fully saturated rings. The van der Waals surface area contributed by atoms with Gasteiger partial charge in [0.25, 0.3) is 5.91 Å². The van der Waals surface area contributed by atoms with Crippen molar-refractivity contribution in [1.29, 1.82) is 0 Å². The first kappa shape index (κ1) is 17.7. The fourth-order valence-corrected chi connectivity index (χ4v) is 3.45. The monoisotopic (exact) mass is 420 g/mol. The average molecular weight is 421 g/mol. The summed E-state index contributed by atoms with van der Waals surface area (Å²) >= 11 is 4.66. The van der Waals surface area contributed by atoms with Gasteiger partial charge in [0, 0.05) is 15.4 Å². The van der Waals surface area contributed by atoms with Crippen molar-refractivity contribution in [3.63, 3.8) is 0 Å². The van der Waals surface area contributed by atoms with Gasteiger partial charge in [0.15, 0.2) is 0 Å². The number of benzene rings is 2. The molecule has 25 heavy (non-hydrogen) atoms. The number of anilines is 1. The summed E-state index contributed by atoms with van der Waals surface area (Å²) in [4.78, 5) is 13.3. The number of carbonyl (C=O) groups excluding carboxylic acids is 1. The SMILES string of the molecule is Cc1cc(CSc2ccccc2C(=O)Nc2ccc(Br)cc2F)on1. The lowest BCUT2D eigenvalue weighted by Gasteiger charge is -2.10. The molecule has 0 saturated carbocycles. The van der Waals surface area contributed by atoms with Crippen LogP contribution in [0.15, 0.2) is 62.4 Å². The number of nitrogens with zero attached hydrogens (tertiary/aromatic N) is 1. The van der Waals surface area contributed by atoms with E-state index in [1.54, 1.807) is 18.2 Å². The van der Waals surface area contributed by atoms with Gasteiger partial charge in [-0.2, -0.15) is 0 Å². The zero-order chi connectivity index (χ0) is 17.8. The van der Waals surface area contributed by atoms with Crippen molar-refractivity contribution >= 4 is 39.3 Å². The van der Waals surface area contributed by atoms with Gasteiger partial charge in [-0.25, -0.2) is 4.39 Å². The van der Waals surface area contributed by atoms with E-state index in [4.69, 9.17) is 4.52 Å². The molecule has 0 spiro atoms. The first-order chi connectivity index (χ1) is 12.0. The van der Waals surface area contributed by atoms with Crippen LogP contribution in [-0.4, -0.2) is 11.1 Å². The Balaban J connectivity index is 1.76. The third-order valence-corrected chi connectivity index (χ3v) is 4.95. The quantitative estimate of drug-likeness (QED) is 0.559. The zero-order valence-electron chi connectivity index (χ0n) is 13.3. The topological polar surface area (TPSA) is 55.1 Å². The molecule has 1 aromatic heterocycles. The van der Waals surface area contributed by atoms with Crippen molar-refractivity contribution in [2.75, 3.05) is 5.32 Å². The van der Waals surface area contributed by atoms with Gasteiger partial charge in [-0.05, 0) is 37.3 Å². The van der Waals surface area contributed by atoms with Crippen LogP contribution in [0.5, 0.6) is 0 Å². The third kappa shape index (κ3) is 4.49. The second-order valence-corrected chi connectivity index (χ2v) is 7.23. The smallest absolute Gasteiger partial charge is 0.256 e. The molecule has 1 N–H and O–H groups in total. The Hall–Kier alpha value is -2.12. The fraction of sp³-hybridized carbons (Fsp3) is 0.111. The van der Waals surface area contributed by atoms with Crippen molar-refractivity contribution in [3.05, 3.63) is 75.8 Å². The van der Waals surface area contributed by atoms with E-state index in [0.29, 0.717) is 15.8 Å². The molecule has 2 aromatic carbocycles. The molecule has 4 nitrogen and oxygen atoms in total. The molecule has 0 aliphatic heterocycles. The Morgan fingerprint density at radius 2 is 2.08 bits per heavy atom. The maximum absolute atomic E-state index is 13.9. The Bertz CT molecular complexity index is 914. The number of nitrogens with one attached hydrogen (secondary N) is 1. The molecule has 0 aliphatic carbocycles. The standard InChI is InChI=1S/C18H14BrFN2O2S/c1-11-8-13(24-22-11)10-25-17-5-3-2-4-14(17)18(23)21-16-7-6-12(19)9-15(16)20/h2-9H,10H2,1H3,(H,21,23). The number of hydrogen-bond acceptors (Lipinski definition) is 4. The summed E-state index contributed by atoms with van der Waals surface area (Å²) in [5.41, 5.74) is 1.43. The zero-order valence-corrected chi connectivity index (χ0v) is 15.7. The summed E-state index contributed by atoms with van der Waals surface area (Å²) in [6.07, 6.45) is 0. The molecule has 3 rings (SSSR count). The molecule has 0 unspecified atom stereocenters. The third-order valence-electron chi connectivity index (χ3n) is 3.36. The number of carbonyl (C=O) groups is 1. The minimum atomic E-state index is -0.495. The minimum absolute atomic E-state index is 0.138. The van der Waals surface area contributed by atoms with Crippen molar-refractivity contribution in [1.82, 2.24) is 5.16 Å². The van der Waals surface area contributed by atoms with Crippen LogP contribution < -0.4 is 5.32 Å². The summed E-state index contributed by atoms with van der Waals surface area (Å²) in [5, 5.41) is 6.46. The van der Waals surface area contributed by atoms with Crippen molar-refractivity contribution in [3.8, 4) is 0 Å². The highest BCUT2D eigenvalue weighted by Gasteiger charge is 2.14. The van der Waals surface area contributed by atoms with Crippen LogP contribution in [0.4, 0.5) is 10.1 Å². The number of thioether (sulfide) groups is 1. The van der Waals surface area contributed by atoms with E-state index in [2.05, 4.69) is 26.4 Å². The first-order valence-electron chi connectivity index (χ1n) is 7.43. The molecular formula is C18H14BrFN2O2S. The molecule has 1 amide bonds. The highest BCUT2D eigenvalue weighted by atomic mass is 79.9.